The molecule has 1 aliphatic carbocycles. The maximum atomic E-state index is 3.80. The van der Waals surface area contributed by atoms with Crippen LogP contribution in [0.3, 0.4) is 0 Å². The fourth-order valence-electron chi connectivity index (χ4n) is 3.92. The molecule has 3 rings (SSSR count). The van der Waals surface area contributed by atoms with Crippen molar-refractivity contribution in [3.63, 3.8) is 0 Å². The van der Waals surface area contributed by atoms with Crippen molar-refractivity contribution in [1.29, 1.82) is 0 Å². The van der Waals surface area contributed by atoms with E-state index in [1.165, 1.54) is 58.2 Å². The minimum absolute atomic E-state index is 0.640. The fourth-order valence-corrected chi connectivity index (χ4v) is 5.14. The molecule has 21 heavy (non-hydrogen) atoms. The Labute approximate surface area is 133 Å². The zero-order valence-corrected chi connectivity index (χ0v) is 14.5. The maximum absolute atomic E-state index is 3.80. The zero-order valence-electron chi connectivity index (χ0n) is 13.7. The van der Waals surface area contributed by atoms with Crippen molar-refractivity contribution < 1.29 is 0 Å². The topological polar surface area (TPSA) is 15.3 Å². The lowest BCUT2D eigenvalue weighted by Gasteiger charge is -2.36. The van der Waals surface area contributed by atoms with Crippen molar-refractivity contribution in [2.75, 3.05) is 19.6 Å². The molecular weight excluding hydrogens is 276 g/mol. The molecule has 3 heteroatoms. The molecule has 0 saturated carbocycles. The Morgan fingerprint density at radius 3 is 3.10 bits per heavy atom. The van der Waals surface area contributed by atoms with Crippen molar-refractivity contribution in [2.45, 2.75) is 65.0 Å². The molecule has 1 aromatic rings. The Kier molecular flexibility index (Phi) is 5.36. The van der Waals surface area contributed by atoms with Crippen molar-refractivity contribution in [3.05, 3.63) is 21.4 Å². The van der Waals surface area contributed by atoms with Gasteiger partial charge >= 0.3 is 0 Å². The van der Waals surface area contributed by atoms with Crippen LogP contribution in [0.4, 0.5) is 0 Å². The highest BCUT2D eigenvalue weighted by molar-refractivity contribution is 7.12. The highest BCUT2D eigenvalue weighted by Crippen LogP contribution is 2.30. The Hall–Kier alpha value is -0.380. The molecule has 0 spiro atoms. The summed E-state index contributed by atoms with van der Waals surface area (Å²) in [5.74, 6) is 0.831. The van der Waals surface area contributed by atoms with Crippen LogP contribution in [0.1, 0.15) is 54.8 Å². The third-order valence-corrected chi connectivity index (χ3v) is 6.42. The summed E-state index contributed by atoms with van der Waals surface area (Å²) in [6.07, 6.45) is 8.08. The molecule has 0 radical (unpaired) electrons. The van der Waals surface area contributed by atoms with Gasteiger partial charge in [-0.05, 0) is 76.1 Å². The standard InChI is InChI=1S/C18H30N2S/c1-3-9-20-10-5-7-16(13-20)14(2)19-12-17-11-15-6-4-8-18(15)21-17/h11,14,16,19H,3-10,12-13H2,1-2H3. The van der Waals surface area contributed by atoms with Gasteiger partial charge in [0.2, 0.25) is 0 Å². The molecule has 0 amide bonds. The Morgan fingerprint density at radius 2 is 2.29 bits per heavy atom. The Morgan fingerprint density at radius 1 is 1.38 bits per heavy atom. The summed E-state index contributed by atoms with van der Waals surface area (Å²) in [5.41, 5.74) is 1.64. The van der Waals surface area contributed by atoms with E-state index in [1.54, 1.807) is 15.3 Å². The van der Waals surface area contributed by atoms with Crippen LogP contribution in [0.2, 0.25) is 0 Å². The Balaban J connectivity index is 1.47. The number of nitrogens with one attached hydrogen (secondary N) is 1. The van der Waals surface area contributed by atoms with Gasteiger partial charge in [-0.2, -0.15) is 0 Å². The van der Waals surface area contributed by atoms with Gasteiger partial charge in [-0.15, -0.1) is 11.3 Å². The number of aryl methyl sites for hydroxylation is 2. The molecule has 2 aliphatic rings. The van der Waals surface area contributed by atoms with E-state index < -0.39 is 0 Å². The van der Waals surface area contributed by atoms with E-state index in [-0.39, 0.29) is 0 Å². The van der Waals surface area contributed by atoms with Crippen LogP contribution in [0.5, 0.6) is 0 Å². The molecular formula is C18H30N2S. The van der Waals surface area contributed by atoms with Crippen LogP contribution in [0.15, 0.2) is 6.07 Å². The van der Waals surface area contributed by atoms with Crippen molar-refractivity contribution >= 4 is 11.3 Å². The fraction of sp³-hybridized carbons (Fsp3) is 0.778. The number of hydrogen-bond acceptors (Lipinski definition) is 3. The summed E-state index contributed by atoms with van der Waals surface area (Å²) in [4.78, 5) is 5.87. The third-order valence-electron chi connectivity index (χ3n) is 5.18. The Bertz CT molecular complexity index is 431. The van der Waals surface area contributed by atoms with Gasteiger partial charge in [0, 0.05) is 28.9 Å². The van der Waals surface area contributed by atoms with E-state index in [9.17, 15) is 0 Å². The first kappa shape index (κ1) is 15.5. The normalized spacial score (nSPS) is 24.2. The lowest BCUT2D eigenvalue weighted by Crippen LogP contribution is -2.44. The molecule has 1 N–H and O–H groups in total. The molecule has 2 heterocycles. The zero-order chi connectivity index (χ0) is 14.7. The number of piperidine rings is 1. The molecule has 0 aromatic carbocycles. The van der Waals surface area contributed by atoms with Crippen molar-refractivity contribution in [2.24, 2.45) is 5.92 Å². The number of fused-ring (bicyclic) bond motifs is 1. The molecule has 1 fully saturated rings. The largest absolute Gasteiger partial charge is 0.309 e. The first-order chi connectivity index (χ1) is 10.3. The lowest BCUT2D eigenvalue weighted by atomic mass is 9.91. The summed E-state index contributed by atoms with van der Waals surface area (Å²) in [6, 6.07) is 3.10. The second kappa shape index (κ2) is 7.26. The predicted octanol–water partition coefficient (Wildman–Crippen LogP) is 3.84. The van der Waals surface area contributed by atoms with E-state index in [1.807, 2.05) is 11.3 Å². The van der Waals surface area contributed by atoms with Crippen molar-refractivity contribution in [3.8, 4) is 0 Å². The first-order valence-electron chi connectivity index (χ1n) is 8.82. The second-order valence-corrected chi connectivity index (χ2v) is 8.11. The molecule has 2 atom stereocenters. The average molecular weight is 307 g/mol. The highest BCUT2D eigenvalue weighted by Gasteiger charge is 2.24. The summed E-state index contributed by atoms with van der Waals surface area (Å²) in [7, 11) is 0. The third kappa shape index (κ3) is 3.88. The average Bonchev–Trinajstić information content (AvgIpc) is 3.06. The lowest BCUT2D eigenvalue weighted by molar-refractivity contribution is 0.151. The minimum atomic E-state index is 0.640. The summed E-state index contributed by atoms with van der Waals surface area (Å²) in [6.45, 7) is 9.64. The maximum Gasteiger partial charge on any atom is 0.0302 e. The summed E-state index contributed by atoms with van der Waals surface area (Å²) >= 11 is 2.05. The van der Waals surface area contributed by atoms with E-state index in [0.717, 1.165) is 12.5 Å². The van der Waals surface area contributed by atoms with Gasteiger partial charge in [0.05, 0.1) is 0 Å². The highest BCUT2D eigenvalue weighted by atomic mass is 32.1. The second-order valence-electron chi connectivity index (χ2n) is 6.89. The smallest absolute Gasteiger partial charge is 0.0302 e. The monoisotopic (exact) mass is 306 g/mol. The minimum Gasteiger partial charge on any atom is -0.309 e. The molecule has 0 bridgehead atoms. The van der Waals surface area contributed by atoms with Gasteiger partial charge in [0.25, 0.3) is 0 Å². The molecule has 2 unspecified atom stereocenters. The van der Waals surface area contributed by atoms with Gasteiger partial charge in [-0.25, -0.2) is 0 Å². The molecule has 1 aromatic heterocycles. The predicted molar refractivity (Wildman–Crippen MR) is 92.1 cm³/mol. The first-order valence-corrected chi connectivity index (χ1v) is 9.64. The van der Waals surface area contributed by atoms with Gasteiger partial charge in [0.15, 0.2) is 0 Å². The molecule has 2 nitrogen and oxygen atoms in total. The van der Waals surface area contributed by atoms with E-state index >= 15 is 0 Å². The van der Waals surface area contributed by atoms with E-state index in [4.69, 9.17) is 0 Å². The number of likely N-dealkylation sites (tertiary alicyclic amines) is 1. The van der Waals surface area contributed by atoms with Gasteiger partial charge < -0.3 is 10.2 Å². The summed E-state index contributed by atoms with van der Waals surface area (Å²) in [5, 5.41) is 3.80. The number of thiophene rings is 1. The summed E-state index contributed by atoms with van der Waals surface area (Å²) < 4.78 is 0. The van der Waals surface area contributed by atoms with Crippen LogP contribution in [0, 0.1) is 5.92 Å². The van der Waals surface area contributed by atoms with Crippen LogP contribution >= 0.6 is 11.3 Å². The number of nitrogens with zero attached hydrogens (tertiary/aromatic N) is 1. The number of rotatable bonds is 6. The SMILES string of the molecule is CCCN1CCCC(C(C)NCc2cc3c(s2)CCC3)C1. The van der Waals surface area contributed by atoms with E-state index in [2.05, 4.69) is 30.1 Å². The van der Waals surface area contributed by atoms with Gasteiger partial charge in [0.1, 0.15) is 0 Å². The van der Waals surface area contributed by atoms with Crippen LogP contribution in [-0.2, 0) is 19.4 Å². The van der Waals surface area contributed by atoms with Gasteiger partial charge in [-0.3, -0.25) is 0 Å². The van der Waals surface area contributed by atoms with Crippen LogP contribution in [-0.4, -0.2) is 30.6 Å². The van der Waals surface area contributed by atoms with Crippen LogP contribution in [0.25, 0.3) is 0 Å². The van der Waals surface area contributed by atoms with Crippen LogP contribution < -0.4 is 5.32 Å². The quantitative estimate of drug-likeness (QED) is 0.859. The molecule has 1 saturated heterocycles. The van der Waals surface area contributed by atoms with Crippen molar-refractivity contribution in [1.82, 2.24) is 10.2 Å². The van der Waals surface area contributed by atoms with E-state index in [0.29, 0.717) is 6.04 Å². The number of hydrogen-bond donors (Lipinski definition) is 1. The molecule has 1 aliphatic heterocycles. The molecule has 118 valence electrons. The van der Waals surface area contributed by atoms with Gasteiger partial charge in [-0.1, -0.05) is 6.92 Å².